The second-order valence-corrected chi connectivity index (χ2v) is 11.2. The van der Waals surface area contributed by atoms with Gasteiger partial charge in [-0.15, -0.1) is 0 Å². The summed E-state index contributed by atoms with van der Waals surface area (Å²) in [4.78, 5) is 11.8. The maximum absolute atomic E-state index is 13.3. The van der Waals surface area contributed by atoms with E-state index in [4.69, 9.17) is 9.97 Å². The summed E-state index contributed by atoms with van der Waals surface area (Å²) in [5.41, 5.74) is 5.96. The van der Waals surface area contributed by atoms with Crippen LogP contribution >= 0.6 is 0 Å². The Kier molecular flexibility index (Phi) is 5.05. The molecular formula is C32H22N4O2S. The Morgan fingerprint density at radius 3 is 1.64 bits per heavy atom. The van der Waals surface area contributed by atoms with Crippen LogP contribution in [0.4, 0.5) is 17.3 Å². The average molecular weight is 527 g/mol. The standard InChI is InChI=1S/C32H22N4O2S/c1-3-21-13-15-26-24(17-21)25-18-22(4-2)14-16-27(25)35(26)23-19-33-32(34-20-23)36-28-9-5-7-11-30(28)39(37,38)31-12-8-6-10-29(31)36/h3-20H,1-2H2. The molecule has 0 atom stereocenters. The van der Waals surface area contributed by atoms with E-state index < -0.39 is 9.84 Å². The molecule has 39 heavy (non-hydrogen) atoms. The zero-order chi connectivity index (χ0) is 26.7. The molecule has 6 nitrogen and oxygen atoms in total. The van der Waals surface area contributed by atoms with Crippen LogP contribution in [-0.4, -0.2) is 23.0 Å². The van der Waals surface area contributed by atoms with Crippen LogP contribution in [0.25, 0.3) is 39.6 Å². The fourth-order valence-electron chi connectivity index (χ4n) is 5.34. The van der Waals surface area contributed by atoms with Crippen LogP contribution in [0.2, 0.25) is 0 Å². The summed E-state index contributed by atoms with van der Waals surface area (Å²) in [6.07, 6.45) is 7.23. The largest absolute Gasteiger partial charge is 0.306 e. The van der Waals surface area contributed by atoms with Gasteiger partial charge in [0.15, 0.2) is 0 Å². The van der Waals surface area contributed by atoms with Crippen molar-refractivity contribution in [2.45, 2.75) is 9.79 Å². The quantitative estimate of drug-likeness (QED) is 0.238. The molecule has 4 aromatic carbocycles. The van der Waals surface area contributed by atoms with Crippen LogP contribution in [0.3, 0.4) is 0 Å². The van der Waals surface area contributed by atoms with Crippen molar-refractivity contribution < 1.29 is 8.42 Å². The molecule has 188 valence electrons. The molecule has 7 heteroatoms. The van der Waals surface area contributed by atoms with Crippen LogP contribution < -0.4 is 4.90 Å². The highest BCUT2D eigenvalue weighted by Gasteiger charge is 2.35. The third-order valence-corrected chi connectivity index (χ3v) is 9.01. The lowest BCUT2D eigenvalue weighted by molar-refractivity contribution is 0.595. The first-order valence-electron chi connectivity index (χ1n) is 12.4. The van der Waals surface area contributed by atoms with Gasteiger partial charge in [0.25, 0.3) is 0 Å². The molecule has 0 aliphatic carbocycles. The Labute approximate surface area is 225 Å². The van der Waals surface area contributed by atoms with E-state index in [9.17, 15) is 8.42 Å². The minimum atomic E-state index is -3.66. The van der Waals surface area contributed by atoms with Crippen molar-refractivity contribution in [3.05, 3.63) is 122 Å². The molecule has 0 N–H and O–H groups in total. The van der Waals surface area contributed by atoms with Crippen molar-refractivity contribution in [1.82, 2.24) is 14.5 Å². The molecule has 0 unspecified atom stereocenters. The smallest absolute Gasteiger partial charge is 0.234 e. The van der Waals surface area contributed by atoms with E-state index in [-0.39, 0.29) is 9.79 Å². The highest BCUT2D eigenvalue weighted by Crippen LogP contribution is 2.46. The molecular weight excluding hydrogens is 504 g/mol. The van der Waals surface area contributed by atoms with Gasteiger partial charge in [0.2, 0.25) is 15.8 Å². The number of hydrogen-bond donors (Lipinski definition) is 0. The summed E-state index contributed by atoms with van der Waals surface area (Å²) in [7, 11) is -3.66. The van der Waals surface area contributed by atoms with Crippen LogP contribution in [0.15, 0.2) is 120 Å². The van der Waals surface area contributed by atoms with Gasteiger partial charge in [-0.25, -0.2) is 18.4 Å². The fourth-order valence-corrected chi connectivity index (χ4v) is 6.96. The Morgan fingerprint density at radius 1 is 0.667 bits per heavy atom. The molecule has 0 spiro atoms. The van der Waals surface area contributed by atoms with Gasteiger partial charge in [0.1, 0.15) is 0 Å². The molecule has 1 aliphatic heterocycles. The number of benzene rings is 4. The molecule has 1 aliphatic rings. The van der Waals surface area contributed by atoms with Crippen molar-refractivity contribution in [3.63, 3.8) is 0 Å². The summed E-state index contributed by atoms with van der Waals surface area (Å²) >= 11 is 0. The maximum atomic E-state index is 13.3. The van der Waals surface area contributed by atoms with E-state index in [0.717, 1.165) is 38.6 Å². The molecule has 2 aromatic heterocycles. The average Bonchev–Trinajstić information content (AvgIpc) is 3.30. The van der Waals surface area contributed by atoms with E-state index in [1.165, 1.54) is 0 Å². The second kappa shape index (κ2) is 8.51. The number of aromatic nitrogens is 3. The minimum Gasteiger partial charge on any atom is -0.306 e. The monoisotopic (exact) mass is 526 g/mol. The lowest BCUT2D eigenvalue weighted by Crippen LogP contribution is -2.23. The van der Waals surface area contributed by atoms with Gasteiger partial charge < -0.3 is 4.57 Å². The summed E-state index contributed by atoms with van der Waals surface area (Å²) in [6.45, 7) is 7.85. The third kappa shape index (κ3) is 3.37. The summed E-state index contributed by atoms with van der Waals surface area (Å²) in [5, 5.41) is 2.19. The molecule has 0 radical (unpaired) electrons. The fraction of sp³-hybridized carbons (Fsp3) is 0. The van der Waals surface area contributed by atoms with Crippen molar-refractivity contribution >= 4 is 61.1 Å². The topological polar surface area (TPSA) is 68.1 Å². The van der Waals surface area contributed by atoms with Gasteiger partial charge in [-0.1, -0.05) is 61.7 Å². The van der Waals surface area contributed by atoms with Crippen LogP contribution in [0.1, 0.15) is 11.1 Å². The predicted molar refractivity (Wildman–Crippen MR) is 157 cm³/mol. The van der Waals surface area contributed by atoms with Crippen molar-refractivity contribution in [2.75, 3.05) is 4.90 Å². The Hall–Kier alpha value is -5.01. The normalized spacial score (nSPS) is 13.7. The lowest BCUT2D eigenvalue weighted by Gasteiger charge is -2.31. The van der Waals surface area contributed by atoms with E-state index in [1.54, 1.807) is 53.7 Å². The molecule has 6 aromatic rings. The minimum absolute atomic E-state index is 0.231. The van der Waals surface area contributed by atoms with Gasteiger partial charge in [0, 0.05) is 10.8 Å². The highest BCUT2D eigenvalue weighted by molar-refractivity contribution is 7.92. The molecule has 0 saturated heterocycles. The van der Waals surface area contributed by atoms with Crippen molar-refractivity contribution in [1.29, 1.82) is 0 Å². The number of nitrogens with zero attached hydrogens (tertiary/aromatic N) is 4. The van der Waals surface area contributed by atoms with E-state index in [2.05, 4.69) is 42.0 Å². The number of sulfone groups is 1. The summed E-state index contributed by atoms with van der Waals surface area (Å²) in [5.74, 6) is 0.386. The van der Waals surface area contributed by atoms with E-state index in [0.29, 0.717) is 17.3 Å². The predicted octanol–water partition coefficient (Wildman–Crippen LogP) is 7.48. The number of fused-ring (bicyclic) bond motifs is 5. The first kappa shape index (κ1) is 23.1. The maximum Gasteiger partial charge on any atom is 0.234 e. The molecule has 3 heterocycles. The zero-order valence-corrected chi connectivity index (χ0v) is 21.6. The third-order valence-electron chi connectivity index (χ3n) is 7.16. The zero-order valence-electron chi connectivity index (χ0n) is 20.8. The molecule has 0 fully saturated rings. The van der Waals surface area contributed by atoms with Crippen LogP contribution in [0, 0.1) is 0 Å². The van der Waals surface area contributed by atoms with Gasteiger partial charge in [-0.3, -0.25) is 4.90 Å². The van der Waals surface area contributed by atoms with Crippen LogP contribution in [0.5, 0.6) is 0 Å². The molecule has 0 bridgehead atoms. The summed E-state index contributed by atoms with van der Waals surface area (Å²) < 4.78 is 28.8. The van der Waals surface area contributed by atoms with E-state index >= 15 is 0 Å². The van der Waals surface area contributed by atoms with Gasteiger partial charge in [-0.05, 0) is 59.7 Å². The number of rotatable bonds is 4. The van der Waals surface area contributed by atoms with Crippen molar-refractivity contribution in [3.8, 4) is 5.69 Å². The number of para-hydroxylation sites is 2. The van der Waals surface area contributed by atoms with Crippen LogP contribution in [-0.2, 0) is 9.84 Å². The first-order chi connectivity index (χ1) is 19.0. The molecule has 7 rings (SSSR count). The molecule has 0 amide bonds. The highest BCUT2D eigenvalue weighted by atomic mass is 32.2. The van der Waals surface area contributed by atoms with Gasteiger partial charge >= 0.3 is 0 Å². The van der Waals surface area contributed by atoms with Gasteiger partial charge in [-0.2, -0.15) is 0 Å². The first-order valence-corrected chi connectivity index (χ1v) is 13.9. The Morgan fingerprint density at radius 2 is 1.15 bits per heavy atom. The van der Waals surface area contributed by atoms with Gasteiger partial charge in [0.05, 0.1) is 50.3 Å². The summed E-state index contributed by atoms with van der Waals surface area (Å²) in [6, 6.07) is 26.4. The Bertz CT molecular complexity index is 1960. The molecule has 0 saturated carbocycles. The second-order valence-electron chi connectivity index (χ2n) is 9.31. The van der Waals surface area contributed by atoms with Crippen molar-refractivity contribution in [2.24, 2.45) is 0 Å². The van der Waals surface area contributed by atoms with E-state index in [1.807, 2.05) is 36.4 Å². The Balaban J connectivity index is 1.42. The SMILES string of the molecule is C=Cc1ccc2c(c1)c1cc(C=C)ccc1n2-c1cnc(N2c3ccccc3S(=O)(=O)c3ccccc32)nc1. The number of hydrogen-bond acceptors (Lipinski definition) is 5. The lowest BCUT2D eigenvalue weighted by atomic mass is 10.1. The number of anilines is 3.